The number of phenols is 1. The molecule has 1 amide bonds. The molecule has 1 heterocycles. The SMILES string of the molecule is O=C(Cc1ccc(CN2CCNCC2)cc1)NC[C@@H](Cc1cccc(C(=O)O)c1O)B(O)O. The van der Waals surface area contributed by atoms with Gasteiger partial charge < -0.3 is 30.9 Å². The normalized spacial score (nSPS) is 15.1. The molecule has 0 spiro atoms. The monoisotopic (exact) mass is 455 g/mol. The van der Waals surface area contributed by atoms with Crippen LogP contribution in [-0.4, -0.2) is 76.9 Å². The summed E-state index contributed by atoms with van der Waals surface area (Å²) in [7, 11) is -1.75. The van der Waals surface area contributed by atoms with Gasteiger partial charge in [-0.2, -0.15) is 0 Å². The molecule has 10 heteroatoms. The molecule has 3 rings (SSSR count). The predicted molar refractivity (Wildman–Crippen MR) is 124 cm³/mol. The first-order valence-corrected chi connectivity index (χ1v) is 11.0. The number of piperazine rings is 1. The number of benzene rings is 2. The van der Waals surface area contributed by atoms with E-state index >= 15 is 0 Å². The summed E-state index contributed by atoms with van der Waals surface area (Å²) in [6.45, 7) is 4.86. The van der Waals surface area contributed by atoms with Gasteiger partial charge in [-0.15, -0.1) is 0 Å². The number of nitrogens with one attached hydrogen (secondary N) is 2. The number of carbonyl (C=O) groups excluding carboxylic acids is 1. The molecule has 0 radical (unpaired) electrons. The Morgan fingerprint density at radius 2 is 1.73 bits per heavy atom. The fourth-order valence-corrected chi connectivity index (χ4v) is 3.88. The smallest absolute Gasteiger partial charge is 0.456 e. The average Bonchev–Trinajstić information content (AvgIpc) is 2.79. The van der Waals surface area contributed by atoms with Crippen molar-refractivity contribution in [3.8, 4) is 5.75 Å². The Morgan fingerprint density at radius 3 is 2.36 bits per heavy atom. The summed E-state index contributed by atoms with van der Waals surface area (Å²) < 4.78 is 0. The molecule has 0 aromatic heterocycles. The minimum Gasteiger partial charge on any atom is -0.507 e. The van der Waals surface area contributed by atoms with E-state index in [2.05, 4.69) is 15.5 Å². The lowest BCUT2D eigenvalue weighted by Gasteiger charge is -2.27. The van der Waals surface area contributed by atoms with Crippen LogP contribution in [0.3, 0.4) is 0 Å². The third-order valence-electron chi connectivity index (χ3n) is 5.82. The second-order valence-corrected chi connectivity index (χ2v) is 8.32. The van der Waals surface area contributed by atoms with Crippen molar-refractivity contribution in [1.29, 1.82) is 0 Å². The lowest BCUT2D eigenvalue weighted by molar-refractivity contribution is -0.120. The summed E-state index contributed by atoms with van der Waals surface area (Å²) in [5, 5.41) is 44.7. The summed E-state index contributed by atoms with van der Waals surface area (Å²) in [4.78, 5) is 25.9. The third-order valence-corrected chi connectivity index (χ3v) is 5.82. The van der Waals surface area contributed by atoms with Crippen LogP contribution in [0.4, 0.5) is 0 Å². The van der Waals surface area contributed by atoms with Crippen molar-refractivity contribution in [2.45, 2.75) is 25.2 Å². The Bertz CT molecular complexity index is 948. The van der Waals surface area contributed by atoms with Crippen LogP contribution in [0.25, 0.3) is 0 Å². The number of carboxylic acids is 1. The van der Waals surface area contributed by atoms with Gasteiger partial charge in [-0.1, -0.05) is 36.4 Å². The fraction of sp³-hybridized carbons (Fsp3) is 0.391. The highest BCUT2D eigenvalue weighted by Gasteiger charge is 2.26. The van der Waals surface area contributed by atoms with Crippen molar-refractivity contribution < 1.29 is 29.9 Å². The number of para-hydroxylation sites is 1. The van der Waals surface area contributed by atoms with E-state index in [9.17, 15) is 24.7 Å². The van der Waals surface area contributed by atoms with Gasteiger partial charge in [-0.25, -0.2) is 4.79 Å². The summed E-state index contributed by atoms with van der Waals surface area (Å²) in [6, 6.07) is 12.1. The minimum atomic E-state index is -1.75. The lowest BCUT2D eigenvalue weighted by atomic mass is 9.69. The average molecular weight is 455 g/mol. The zero-order chi connectivity index (χ0) is 23.8. The topological polar surface area (TPSA) is 142 Å². The Balaban J connectivity index is 1.52. The van der Waals surface area contributed by atoms with Crippen molar-refractivity contribution in [2.75, 3.05) is 32.7 Å². The van der Waals surface area contributed by atoms with Gasteiger partial charge in [0.25, 0.3) is 0 Å². The van der Waals surface area contributed by atoms with Gasteiger partial charge in [0.15, 0.2) is 0 Å². The second-order valence-electron chi connectivity index (χ2n) is 8.32. The molecule has 0 unspecified atom stereocenters. The molecule has 2 aromatic rings. The van der Waals surface area contributed by atoms with Gasteiger partial charge >= 0.3 is 13.1 Å². The first-order chi connectivity index (χ1) is 15.8. The first kappa shape index (κ1) is 24.7. The van der Waals surface area contributed by atoms with Crippen LogP contribution in [0.2, 0.25) is 5.82 Å². The van der Waals surface area contributed by atoms with Gasteiger partial charge in [-0.3, -0.25) is 9.69 Å². The van der Waals surface area contributed by atoms with E-state index in [4.69, 9.17) is 5.11 Å². The number of amides is 1. The van der Waals surface area contributed by atoms with Gasteiger partial charge in [0.05, 0.1) is 6.42 Å². The molecule has 6 N–H and O–H groups in total. The lowest BCUT2D eigenvalue weighted by Crippen LogP contribution is -2.42. The van der Waals surface area contributed by atoms with Crippen LogP contribution in [0, 0.1) is 0 Å². The maximum Gasteiger partial charge on any atom is 0.456 e. The molecule has 0 bridgehead atoms. The third kappa shape index (κ3) is 7.29. The Labute approximate surface area is 193 Å². The van der Waals surface area contributed by atoms with E-state index in [1.165, 1.54) is 23.8 Å². The molecule has 1 aliphatic rings. The van der Waals surface area contributed by atoms with Gasteiger partial charge in [0.2, 0.25) is 5.91 Å². The van der Waals surface area contributed by atoms with Crippen molar-refractivity contribution in [3.63, 3.8) is 0 Å². The number of aromatic hydroxyl groups is 1. The maximum absolute atomic E-state index is 12.4. The summed E-state index contributed by atoms with van der Waals surface area (Å²) >= 11 is 0. The quantitative estimate of drug-likeness (QED) is 0.280. The molecule has 9 nitrogen and oxygen atoms in total. The van der Waals surface area contributed by atoms with E-state index in [1.807, 2.05) is 24.3 Å². The van der Waals surface area contributed by atoms with E-state index in [0.717, 1.165) is 38.3 Å². The van der Waals surface area contributed by atoms with Crippen molar-refractivity contribution in [1.82, 2.24) is 15.5 Å². The van der Waals surface area contributed by atoms with E-state index < -0.39 is 24.7 Å². The van der Waals surface area contributed by atoms with Crippen LogP contribution in [0.1, 0.15) is 27.0 Å². The molecule has 1 aliphatic heterocycles. The van der Waals surface area contributed by atoms with E-state index in [-0.39, 0.29) is 36.4 Å². The number of hydrogen-bond donors (Lipinski definition) is 6. The molecule has 1 fully saturated rings. The van der Waals surface area contributed by atoms with Crippen molar-refractivity contribution in [2.24, 2.45) is 0 Å². The highest BCUT2D eigenvalue weighted by Crippen LogP contribution is 2.27. The zero-order valence-electron chi connectivity index (χ0n) is 18.4. The maximum atomic E-state index is 12.4. The van der Waals surface area contributed by atoms with Crippen molar-refractivity contribution in [3.05, 3.63) is 64.7 Å². The highest BCUT2D eigenvalue weighted by atomic mass is 16.4. The molecular formula is C23H30BN3O6. The molecule has 33 heavy (non-hydrogen) atoms. The molecule has 0 aliphatic carbocycles. The molecule has 1 atom stereocenters. The first-order valence-electron chi connectivity index (χ1n) is 11.0. The minimum absolute atomic E-state index is 0.00832. The summed E-state index contributed by atoms with van der Waals surface area (Å²) in [5.41, 5.74) is 2.04. The number of carboxylic acid groups (broad SMARTS) is 1. The number of hydrogen-bond acceptors (Lipinski definition) is 7. The van der Waals surface area contributed by atoms with Crippen LogP contribution in [-0.2, 0) is 24.2 Å². The van der Waals surface area contributed by atoms with Crippen LogP contribution in [0.15, 0.2) is 42.5 Å². The van der Waals surface area contributed by atoms with Crippen molar-refractivity contribution >= 4 is 19.0 Å². The largest absolute Gasteiger partial charge is 0.507 e. The van der Waals surface area contributed by atoms with Gasteiger partial charge in [0, 0.05) is 45.1 Å². The summed E-state index contributed by atoms with van der Waals surface area (Å²) in [6.07, 6.45) is 0.146. The highest BCUT2D eigenvalue weighted by molar-refractivity contribution is 6.43. The number of carbonyl (C=O) groups is 2. The van der Waals surface area contributed by atoms with Crippen LogP contribution in [0.5, 0.6) is 5.75 Å². The number of rotatable bonds is 10. The molecular weight excluding hydrogens is 425 g/mol. The van der Waals surface area contributed by atoms with Crippen LogP contribution < -0.4 is 10.6 Å². The number of aromatic carboxylic acids is 1. The fourth-order valence-electron chi connectivity index (χ4n) is 3.88. The Kier molecular flexibility index (Phi) is 8.84. The Morgan fingerprint density at radius 1 is 1.06 bits per heavy atom. The standard InChI is InChI=1S/C23H30BN3O6/c28-21(12-16-4-6-17(7-5-16)15-27-10-8-25-9-11-27)26-14-19(24(32)33)13-18-2-1-3-20(22(18)29)23(30)31/h1-7,19,25,29,32-33H,8-15H2,(H,26,28)(H,30,31)/t19-/m1/s1. The van der Waals surface area contributed by atoms with E-state index in [0.29, 0.717) is 0 Å². The zero-order valence-corrected chi connectivity index (χ0v) is 18.4. The van der Waals surface area contributed by atoms with Gasteiger partial charge in [-0.05, 0) is 29.2 Å². The number of nitrogens with zero attached hydrogens (tertiary/aromatic N) is 1. The molecule has 2 aromatic carbocycles. The summed E-state index contributed by atoms with van der Waals surface area (Å²) in [5.74, 6) is -2.77. The molecule has 1 saturated heterocycles. The molecule has 176 valence electrons. The molecule has 0 saturated carbocycles. The van der Waals surface area contributed by atoms with E-state index in [1.54, 1.807) is 0 Å². The Hall–Kier alpha value is -2.92. The van der Waals surface area contributed by atoms with Gasteiger partial charge in [0.1, 0.15) is 11.3 Å². The van der Waals surface area contributed by atoms with Crippen LogP contribution >= 0.6 is 0 Å². The predicted octanol–water partition coefficient (Wildman–Crippen LogP) is 0.240. The second kappa shape index (κ2) is 11.8.